The molecule has 114 valence electrons. The molecule has 0 amide bonds. The molecule has 0 radical (unpaired) electrons. The normalized spacial score (nSPS) is 13.5. The molecule has 0 saturated carbocycles. The molecule has 0 saturated heterocycles. The molecule has 0 bridgehead atoms. The minimum Gasteiger partial charge on any atom is -0.383 e. The molecule has 0 aliphatic carbocycles. The number of alkyl halides is 3. The fourth-order valence-electron chi connectivity index (χ4n) is 1.43. The molecule has 0 aliphatic heterocycles. The van der Waals surface area contributed by atoms with Gasteiger partial charge in [-0.05, 0) is 28.1 Å². The predicted octanol–water partition coefficient (Wildman–Crippen LogP) is 3.24. The molecular formula is C11H6BrF5N2O2. The van der Waals surface area contributed by atoms with Crippen molar-refractivity contribution in [2.24, 2.45) is 0 Å². The van der Waals surface area contributed by atoms with E-state index >= 15 is 0 Å². The van der Waals surface area contributed by atoms with Gasteiger partial charge in [0.05, 0.1) is 10.9 Å². The molecule has 1 aromatic carbocycles. The topological polar surface area (TPSA) is 59.2 Å². The quantitative estimate of drug-likeness (QED) is 0.663. The lowest BCUT2D eigenvalue weighted by molar-refractivity contribution is -0.204. The molecular weight excluding hydrogens is 367 g/mol. The molecule has 10 heteroatoms. The van der Waals surface area contributed by atoms with Crippen LogP contribution in [0.4, 0.5) is 22.0 Å². The first kappa shape index (κ1) is 15.8. The second-order valence-electron chi connectivity index (χ2n) is 4.00. The van der Waals surface area contributed by atoms with E-state index in [1.165, 1.54) is 0 Å². The average Bonchev–Trinajstić information content (AvgIpc) is 2.83. The molecule has 1 atom stereocenters. The van der Waals surface area contributed by atoms with Crippen LogP contribution in [0, 0.1) is 11.6 Å². The molecule has 1 aromatic heterocycles. The summed E-state index contributed by atoms with van der Waals surface area (Å²) >= 11 is 2.79. The summed E-state index contributed by atoms with van der Waals surface area (Å²) in [7, 11) is 0. The van der Waals surface area contributed by atoms with Crippen LogP contribution in [-0.2, 0) is 6.42 Å². The zero-order valence-corrected chi connectivity index (χ0v) is 11.5. The molecule has 0 fully saturated rings. The maximum absolute atomic E-state index is 13.4. The maximum atomic E-state index is 13.4. The molecule has 21 heavy (non-hydrogen) atoms. The fraction of sp³-hybridized carbons (Fsp3) is 0.273. The molecule has 0 spiro atoms. The van der Waals surface area contributed by atoms with Gasteiger partial charge in [0.15, 0.2) is 17.7 Å². The number of hydrogen-bond donors (Lipinski definition) is 1. The second-order valence-corrected chi connectivity index (χ2v) is 4.79. The van der Waals surface area contributed by atoms with Gasteiger partial charge in [-0.1, -0.05) is 5.16 Å². The number of nitrogens with zero attached hydrogens (tertiary/aromatic N) is 2. The van der Waals surface area contributed by atoms with Gasteiger partial charge in [0.1, 0.15) is 0 Å². The van der Waals surface area contributed by atoms with Crippen LogP contribution in [0.3, 0.4) is 0 Å². The van der Waals surface area contributed by atoms with Crippen molar-refractivity contribution in [3.05, 3.63) is 34.1 Å². The Morgan fingerprint density at radius 3 is 2.57 bits per heavy atom. The highest BCUT2D eigenvalue weighted by Crippen LogP contribution is 2.30. The van der Waals surface area contributed by atoms with Gasteiger partial charge in [0.2, 0.25) is 11.7 Å². The van der Waals surface area contributed by atoms with Crippen LogP contribution in [-0.4, -0.2) is 27.5 Å². The van der Waals surface area contributed by atoms with E-state index in [1.807, 2.05) is 0 Å². The first-order valence-electron chi connectivity index (χ1n) is 5.41. The van der Waals surface area contributed by atoms with Crippen molar-refractivity contribution in [3.63, 3.8) is 0 Å². The van der Waals surface area contributed by atoms with Gasteiger partial charge in [-0.25, -0.2) is 8.78 Å². The number of halogens is 6. The monoisotopic (exact) mass is 372 g/mol. The second kappa shape index (κ2) is 5.68. The summed E-state index contributed by atoms with van der Waals surface area (Å²) in [6, 6.07) is 1.95. The summed E-state index contributed by atoms with van der Waals surface area (Å²) in [4.78, 5) is 3.61. The number of benzene rings is 1. The van der Waals surface area contributed by atoms with E-state index in [9.17, 15) is 22.0 Å². The van der Waals surface area contributed by atoms with Gasteiger partial charge in [-0.3, -0.25) is 0 Å². The van der Waals surface area contributed by atoms with Gasteiger partial charge in [0.25, 0.3) is 0 Å². The van der Waals surface area contributed by atoms with Crippen molar-refractivity contribution < 1.29 is 31.6 Å². The third-order valence-corrected chi connectivity index (χ3v) is 3.27. The van der Waals surface area contributed by atoms with Crippen LogP contribution in [0.15, 0.2) is 21.1 Å². The summed E-state index contributed by atoms with van der Waals surface area (Å²) < 4.78 is 67.1. The van der Waals surface area contributed by atoms with Crippen LogP contribution >= 0.6 is 15.9 Å². The molecule has 2 rings (SSSR count). The van der Waals surface area contributed by atoms with Gasteiger partial charge < -0.3 is 9.63 Å². The van der Waals surface area contributed by atoms with Crippen molar-refractivity contribution in [2.45, 2.75) is 18.7 Å². The number of aliphatic hydroxyl groups excluding tert-OH is 1. The third-order valence-electron chi connectivity index (χ3n) is 2.49. The largest absolute Gasteiger partial charge is 0.414 e. The Hall–Kier alpha value is -1.55. The first-order chi connectivity index (χ1) is 9.70. The minimum absolute atomic E-state index is 0.00500. The zero-order chi connectivity index (χ0) is 15.8. The summed E-state index contributed by atoms with van der Waals surface area (Å²) in [6.45, 7) is 0. The Kier molecular flexibility index (Phi) is 4.28. The molecule has 1 unspecified atom stereocenters. The van der Waals surface area contributed by atoms with Crippen molar-refractivity contribution in [3.8, 4) is 11.4 Å². The molecule has 2 aromatic rings. The predicted molar refractivity (Wildman–Crippen MR) is 63.1 cm³/mol. The fourth-order valence-corrected chi connectivity index (χ4v) is 1.93. The molecule has 4 nitrogen and oxygen atoms in total. The standard InChI is InChI=1S/C11H6BrF5N2O2/c12-8-4(1-2-5(13)9(8)14)10-18-7(21-19-10)3-6(20)11(15,16)17/h1-2,6,20H,3H2. The van der Waals surface area contributed by atoms with Crippen molar-refractivity contribution in [2.75, 3.05) is 0 Å². The van der Waals surface area contributed by atoms with Crippen LogP contribution in [0.2, 0.25) is 0 Å². The first-order valence-corrected chi connectivity index (χ1v) is 6.20. The Labute approximate surface area is 122 Å². The highest BCUT2D eigenvalue weighted by Gasteiger charge is 2.39. The Morgan fingerprint density at radius 1 is 1.29 bits per heavy atom. The van der Waals surface area contributed by atoms with Gasteiger partial charge in [-0.2, -0.15) is 18.2 Å². The lowest BCUT2D eigenvalue weighted by atomic mass is 10.2. The highest BCUT2D eigenvalue weighted by atomic mass is 79.9. The molecule has 1 N–H and O–H groups in total. The van der Waals surface area contributed by atoms with Gasteiger partial charge >= 0.3 is 6.18 Å². The minimum atomic E-state index is -4.82. The number of aromatic nitrogens is 2. The van der Waals surface area contributed by atoms with E-state index in [2.05, 4.69) is 30.6 Å². The van der Waals surface area contributed by atoms with Crippen LogP contribution < -0.4 is 0 Å². The summed E-state index contributed by atoms with van der Waals surface area (Å²) in [5.41, 5.74) is 0.00500. The Balaban J connectivity index is 2.27. The lowest BCUT2D eigenvalue weighted by Crippen LogP contribution is -2.30. The number of rotatable bonds is 3. The summed E-state index contributed by atoms with van der Waals surface area (Å²) in [6.07, 6.45) is -8.41. The van der Waals surface area contributed by atoms with Crippen molar-refractivity contribution in [1.29, 1.82) is 0 Å². The number of aliphatic hydroxyl groups is 1. The van der Waals surface area contributed by atoms with E-state index in [-0.39, 0.29) is 15.9 Å². The van der Waals surface area contributed by atoms with Crippen LogP contribution in [0.5, 0.6) is 0 Å². The SMILES string of the molecule is OC(Cc1nc(-c2ccc(F)c(F)c2Br)no1)C(F)(F)F. The van der Waals surface area contributed by atoms with Crippen LogP contribution in [0.1, 0.15) is 5.89 Å². The maximum Gasteiger partial charge on any atom is 0.414 e. The third kappa shape index (κ3) is 3.38. The Morgan fingerprint density at radius 2 is 1.95 bits per heavy atom. The highest BCUT2D eigenvalue weighted by molar-refractivity contribution is 9.10. The van der Waals surface area contributed by atoms with E-state index in [0.717, 1.165) is 12.1 Å². The lowest BCUT2D eigenvalue weighted by Gasteiger charge is -2.11. The van der Waals surface area contributed by atoms with Crippen LogP contribution in [0.25, 0.3) is 11.4 Å². The van der Waals surface area contributed by atoms with Crippen molar-refractivity contribution >= 4 is 15.9 Å². The van der Waals surface area contributed by atoms with E-state index < -0.39 is 36.2 Å². The van der Waals surface area contributed by atoms with E-state index in [1.54, 1.807) is 0 Å². The van der Waals surface area contributed by atoms with Crippen molar-refractivity contribution in [1.82, 2.24) is 10.1 Å². The number of hydrogen-bond acceptors (Lipinski definition) is 4. The Bertz CT molecular complexity index is 659. The zero-order valence-electron chi connectivity index (χ0n) is 9.96. The van der Waals surface area contributed by atoms with E-state index in [0.29, 0.717) is 0 Å². The summed E-state index contributed by atoms with van der Waals surface area (Å²) in [5.74, 6) is -3.01. The van der Waals surface area contributed by atoms with E-state index in [4.69, 9.17) is 5.11 Å². The van der Waals surface area contributed by atoms with Gasteiger partial charge in [0, 0.05) is 5.56 Å². The molecule has 0 aliphatic rings. The summed E-state index contributed by atoms with van der Waals surface area (Å²) in [5, 5.41) is 12.3. The molecule has 1 heterocycles. The smallest absolute Gasteiger partial charge is 0.383 e. The average molecular weight is 373 g/mol. The van der Waals surface area contributed by atoms with Gasteiger partial charge in [-0.15, -0.1) is 0 Å².